The van der Waals surface area contributed by atoms with Crippen LogP contribution in [-0.4, -0.2) is 21.8 Å². The van der Waals surface area contributed by atoms with Crippen LogP contribution in [0.1, 0.15) is 11.1 Å². The number of benzene rings is 2. The summed E-state index contributed by atoms with van der Waals surface area (Å²) < 4.78 is 0. The van der Waals surface area contributed by atoms with E-state index in [4.69, 9.17) is 0 Å². The number of carbonyl (C=O) groups is 2. The lowest BCUT2D eigenvalue weighted by Crippen LogP contribution is -2.35. The SMILES string of the molecule is Cc1ccc(N2NC(=O)/C(=C\c3ccc(O)c([N+](=O)[O-])c3)C2=O)cc1. The van der Waals surface area contributed by atoms with E-state index in [0.717, 1.165) is 22.7 Å². The molecule has 1 aliphatic heterocycles. The Kier molecular flexibility index (Phi) is 3.94. The maximum Gasteiger partial charge on any atom is 0.311 e. The summed E-state index contributed by atoms with van der Waals surface area (Å²) in [5, 5.41) is 21.5. The summed E-state index contributed by atoms with van der Waals surface area (Å²) in [4.78, 5) is 34.7. The highest BCUT2D eigenvalue weighted by Gasteiger charge is 2.34. The third kappa shape index (κ3) is 3.05. The van der Waals surface area contributed by atoms with Crippen LogP contribution >= 0.6 is 0 Å². The zero-order valence-corrected chi connectivity index (χ0v) is 13.1. The van der Waals surface area contributed by atoms with Gasteiger partial charge in [0.2, 0.25) is 0 Å². The van der Waals surface area contributed by atoms with Gasteiger partial charge in [0.05, 0.1) is 10.6 Å². The molecule has 1 aliphatic rings. The quantitative estimate of drug-likeness (QED) is 0.385. The van der Waals surface area contributed by atoms with Gasteiger partial charge in [0.15, 0.2) is 5.75 Å². The lowest BCUT2D eigenvalue weighted by molar-refractivity contribution is -0.385. The molecule has 0 spiro atoms. The first-order chi connectivity index (χ1) is 11.9. The number of hydrazine groups is 1. The summed E-state index contributed by atoms with van der Waals surface area (Å²) in [5.41, 5.74) is 3.57. The highest BCUT2D eigenvalue weighted by atomic mass is 16.6. The predicted octanol–water partition coefficient (Wildman–Crippen LogP) is 2.07. The van der Waals surface area contributed by atoms with Gasteiger partial charge in [-0.25, -0.2) is 5.01 Å². The van der Waals surface area contributed by atoms with Crippen molar-refractivity contribution in [2.24, 2.45) is 0 Å². The van der Waals surface area contributed by atoms with Crippen molar-refractivity contribution in [1.29, 1.82) is 0 Å². The van der Waals surface area contributed by atoms with E-state index in [-0.39, 0.29) is 11.1 Å². The number of anilines is 1. The molecule has 8 nitrogen and oxygen atoms in total. The summed E-state index contributed by atoms with van der Waals surface area (Å²) in [5.74, 6) is -1.67. The molecule has 2 aromatic rings. The Morgan fingerprint density at radius 1 is 1.16 bits per heavy atom. The van der Waals surface area contributed by atoms with Crippen LogP contribution < -0.4 is 10.4 Å². The van der Waals surface area contributed by atoms with Crippen molar-refractivity contribution in [2.75, 3.05) is 5.01 Å². The lowest BCUT2D eigenvalue weighted by Gasteiger charge is -2.14. The Balaban J connectivity index is 1.95. The van der Waals surface area contributed by atoms with E-state index >= 15 is 0 Å². The molecule has 3 rings (SSSR count). The number of phenols is 1. The molecule has 0 atom stereocenters. The Morgan fingerprint density at radius 3 is 2.48 bits per heavy atom. The van der Waals surface area contributed by atoms with Crippen molar-refractivity contribution in [1.82, 2.24) is 5.43 Å². The molecule has 25 heavy (non-hydrogen) atoms. The normalized spacial score (nSPS) is 15.6. The van der Waals surface area contributed by atoms with Crippen molar-refractivity contribution in [3.63, 3.8) is 0 Å². The number of amides is 2. The number of carbonyl (C=O) groups excluding carboxylic acids is 2. The van der Waals surface area contributed by atoms with Crippen LogP contribution in [0.15, 0.2) is 48.0 Å². The number of nitrogens with zero attached hydrogens (tertiary/aromatic N) is 2. The molecular weight excluding hydrogens is 326 g/mol. The number of aromatic hydroxyl groups is 1. The number of hydrogen-bond acceptors (Lipinski definition) is 5. The average molecular weight is 339 g/mol. The molecule has 1 saturated heterocycles. The Bertz CT molecular complexity index is 918. The third-order valence-electron chi connectivity index (χ3n) is 3.69. The first-order valence-electron chi connectivity index (χ1n) is 7.28. The molecule has 2 amide bonds. The van der Waals surface area contributed by atoms with Gasteiger partial charge in [-0.1, -0.05) is 23.8 Å². The van der Waals surface area contributed by atoms with Crippen LogP contribution in [0.4, 0.5) is 11.4 Å². The minimum Gasteiger partial charge on any atom is -0.502 e. The van der Waals surface area contributed by atoms with Crippen LogP contribution in [0, 0.1) is 17.0 Å². The molecule has 0 unspecified atom stereocenters. The minimum absolute atomic E-state index is 0.152. The largest absolute Gasteiger partial charge is 0.502 e. The van der Waals surface area contributed by atoms with Gasteiger partial charge in [-0.3, -0.25) is 25.1 Å². The molecule has 2 N–H and O–H groups in total. The zero-order valence-electron chi connectivity index (χ0n) is 13.1. The van der Waals surface area contributed by atoms with Crippen LogP contribution in [0.3, 0.4) is 0 Å². The summed E-state index contributed by atoms with van der Waals surface area (Å²) in [6.45, 7) is 1.90. The van der Waals surface area contributed by atoms with Gasteiger partial charge in [0.25, 0.3) is 11.8 Å². The van der Waals surface area contributed by atoms with Crippen molar-refractivity contribution in [3.8, 4) is 5.75 Å². The van der Waals surface area contributed by atoms with Crippen molar-refractivity contribution >= 4 is 29.3 Å². The number of hydrogen-bond donors (Lipinski definition) is 2. The van der Waals surface area contributed by atoms with Crippen LogP contribution in [0.25, 0.3) is 6.08 Å². The van der Waals surface area contributed by atoms with E-state index in [1.165, 1.54) is 12.1 Å². The lowest BCUT2D eigenvalue weighted by atomic mass is 10.1. The van der Waals surface area contributed by atoms with E-state index in [9.17, 15) is 24.8 Å². The topological polar surface area (TPSA) is 113 Å². The summed E-state index contributed by atoms with van der Waals surface area (Å²) in [6.07, 6.45) is 1.25. The van der Waals surface area contributed by atoms with E-state index < -0.39 is 28.2 Å². The predicted molar refractivity (Wildman–Crippen MR) is 89.5 cm³/mol. The summed E-state index contributed by atoms with van der Waals surface area (Å²) in [7, 11) is 0. The number of rotatable bonds is 3. The third-order valence-corrected chi connectivity index (χ3v) is 3.69. The molecule has 0 bridgehead atoms. The van der Waals surface area contributed by atoms with Gasteiger partial charge in [-0.05, 0) is 36.8 Å². The molecule has 2 aromatic carbocycles. The number of nitro groups is 1. The molecule has 0 radical (unpaired) electrons. The van der Waals surface area contributed by atoms with E-state index in [1.54, 1.807) is 24.3 Å². The molecular formula is C17H13N3O5. The molecule has 1 fully saturated rings. The fourth-order valence-electron chi connectivity index (χ4n) is 2.38. The summed E-state index contributed by atoms with van der Waals surface area (Å²) in [6, 6.07) is 10.6. The van der Waals surface area contributed by atoms with Gasteiger partial charge >= 0.3 is 5.69 Å². The number of phenolic OH excluding ortho intramolecular Hbond substituents is 1. The van der Waals surface area contributed by atoms with E-state index in [2.05, 4.69) is 5.43 Å². The van der Waals surface area contributed by atoms with Crippen LogP contribution in [-0.2, 0) is 9.59 Å². The molecule has 0 aromatic heterocycles. The number of nitro benzene ring substituents is 1. The number of aryl methyl sites for hydroxylation is 1. The fraction of sp³-hybridized carbons (Fsp3) is 0.0588. The first-order valence-corrected chi connectivity index (χ1v) is 7.28. The Morgan fingerprint density at radius 2 is 1.84 bits per heavy atom. The van der Waals surface area contributed by atoms with E-state index in [0.29, 0.717) is 5.69 Å². The van der Waals surface area contributed by atoms with Gasteiger partial charge in [-0.2, -0.15) is 0 Å². The Hall–Kier alpha value is -3.68. The van der Waals surface area contributed by atoms with Crippen molar-refractivity contribution in [3.05, 3.63) is 69.3 Å². The van der Waals surface area contributed by atoms with Gasteiger partial charge in [-0.15, -0.1) is 0 Å². The molecule has 126 valence electrons. The van der Waals surface area contributed by atoms with Crippen molar-refractivity contribution < 1.29 is 19.6 Å². The highest BCUT2D eigenvalue weighted by molar-refractivity contribution is 6.31. The van der Waals surface area contributed by atoms with Crippen LogP contribution in [0.2, 0.25) is 0 Å². The maximum atomic E-state index is 12.5. The second kappa shape index (κ2) is 6.08. The Labute approximate surface area is 142 Å². The molecule has 1 heterocycles. The van der Waals surface area contributed by atoms with Gasteiger partial charge in [0.1, 0.15) is 5.57 Å². The standard InChI is InChI=1S/C17H13N3O5/c1-10-2-5-12(6-3-10)19-17(23)13(16(22)18-19)8-11-4-7-15(21)14(9-11)20(24)25/h2-9,21H,1H3,(H,18,22)/b13-8+. The second-order valence-corrected chi connectivity index (χ2v) is 5.48. The van der Waals surface area contributed by atoms with Gasteiger partial charge < -0.3 is 5.11 Å². The van der Waals surface area contributed by atoms with Crippen molar-refractivity contribution in [2.45, 2.75) is 6.92 Å². The zero-order chi connectivity index (χ0) is 18.1. The molecule has 8 heteroatoms. The monoisotopic (exact) mass is 339 g/mol. The molecule has 0 aliphatic carbocycles. The second-order valence-electron chi connectivity index (χ2n) is 5.48. The maximum absolute atomic E-state index is 12.5. The first kappa shape index (κ1) is 16.2. The highest BCUT2D eigenvalue weighted by Crippen LogP contribution is 2.28. The van der Waals surface area contributed by atoms with E-state index in [1.807, 2.05) is 6.92 Å². The van der Waals surface area contributed by atoms with Crippen LogP contribution in [0.5, 0.6) is 5.75 Å². The average Bonchev–Trinajstić information content (AvgIpc) is 2.85. The van der Waals surface area contributed by atoms with Gasteiger partial charge in [0, 0.05) is 6.07 Å². The molecule has 0 saturated carbocycles. The summed E-state index contributed by atoms with van der Waals surface area (Å²) >= 11 is 0. The number of nitrogens with one attached hydrogen (secondary N) is 1. The smallest absolute Gasteiger partial charge is 0.311 e. The minimum atomic E-state index is -0.744. The fourth-order valence-corrected chi connectivity index (χ4v) is 2.38.